The van der Waals surface area contributed by atoms with Gasteiger partial charge in [-0.1, -0.05) is 6.42 Å². The minimum atomic E-state index is -0.564. The van der Waals surface area contributed by atoms with Gasteiger partial charge in [-0.2, -0.15) is 0 Å². The van der Waals surface area contributed by atoms with E-state index in [1.54, 1.807) is 13.1 Å². The molecule has 0 saturated carbocycles. The molecule has 2 rings (SSSR count). The third-order valence-corrected chi connectivity index (χ3v) is 2.82. The largest absolute Gasteiger partial charge is 0.443 e. The quantitative estimate of drug-likeness (QED) is 0.792. The number of nitrogens with zero attached hydrogens (tertiary/aromatic N) is 1. The van der Waals surface area contributed by atoms with Crippen LogP contribution in [0.5, 0.6) is 0 Å². The molecule has 0 bridgehead atoms. The normalized spacial score (nSPS) is 24.0. The van der Waals surface area contributed by atoms with Crippen molar-refractivity contribution in [2.45, 2.75) is 44.8 Å². The van der Waals surface area contributed by atoms with Crippen LogP contribution in [0.2, 0.25) is 0 Å². The standard InChI is InChI=1S/C11H18N2O2/c1-8(14)10-7-13-11(15-10)6-9-4-2-3-5-12-9/h7-9,12,14H,2-6H2,1H3. The second-order valence-corrected chi connectivity index (χ2v) is 4.18. The first kappa shape index (κ1) is 10.6. The Morgan fingerprint density at radius 3 is 3.13 bits per heavy atom. The van der Waals surface area contributed by atoms with Crippen molar-refractivity contribution in [2.24, 2.45) is 0 Å². The van der Waals surface area contributed by atoms with Crippen LogP contribution in [-0.4, -0.2) is 22.7 Å². The van der Waals surface area contributed by atoms with E-state index in [9.17, 15) is 5.11 Å². The number of oxazole rings is 1. The summed E-state index contributed by atoms with van der Waals surface area (Å²) in [7, 11) is 0. The van der Waals surface area contributed by atoms with Gasteiger partial charge in [0.25, 0.3) is 0 Å². The number of hydrogen-bond donors (Lipinski definition) is 2. The Kier molecular flexibility index (Phi) is 3.38. The molecule has 2 heterocycles. The molecule has 0 aliphatic carbocycles. The van der Waals surface area contributed by atoms with Gasteiger partial charge in [0.2, 0.25) is 0 Å². The summed E-state index contributed by atoms with van der Waals surface area (Å²) in [4.78, 5) is 4.16. The molecule has 1 aromatic heterocycles. The zero-order valence-electron chi connectivity index (χ0n) is 9.07. The van der Waals surface area contributed by atoms with E-state index in [1.165, 1.54) is 19.3 Å². The number of aliphatic hydroxyl groups excluding tert-OH is 1. The van der Waals surface area contributed by atoms with E-state index in [0.29, 0.717) is 11.8 Å². The zero-order chi connectivity index (χ0) is 10.7. The molecule has 0 spiro atoms. The Balaban J connectivity index is 1.91. The van der Waals surface area contributed by atoms with Gasteiger partial charge in [0.05, 0.1) is 6.20 Å². The fourth-order valence-electron chi connectivity index (χ4n) is 1.92. The van der Waals surface area contributed by atoms with Crippen LogP contribution in [-0.2, 0) is 6.42 Å². The lowest BCUT2D eigenvalue weighted by Crippen LogP contribution is -2.35. The summed E-state index contributed by atoms with van der Waals surface area (Å²) in [6, 6.07) is 0.485. The van der Waals surface area contributed by atoms with E-state index < -0.39 is 6.10 Å². The molecule has 84 valence electrons. The van der Waals surface area contributed by atoms with Gasteiger partial charge in [0.15, 0.2) is 11.7 Å². The molecule has 4 heteroatoms. The summed E-state index contributed by atoms with van der Waals surface area (Å²) < 4.78 is 5.45. The third kappa shape index (κ3) is 2.79. The number of aromatic nitrogens is 1. The summed E-state index contributed by atoms with van der Waals surface area (Å²) in [5.74, 6) is 1.28. The number of aliphatic hydroxyl groups is 1. The predicted molar refractivity (Wildman–Crippen MR) is 56.5 cm³/mol. The van der Waals surface area contributed by atoms with Gasteiger partial charge < -0.3 is 14.8 Å². The summed E-state index contributed by atoms with van der Waals surface area (Å²) in [5.41, 5.74) is 0. The van der Waals surface area contributed by atoms with Crippen LogP contribution in [0.1, 0.15) is 43.9 Å². The third-order valence-electron chi connectivity index (χ3n) is 2.82. The maximum atomic E-state index is 9.29. The monoisotopic (exact) mass is 210 g/mol. The summed E-state index contributed by atoms with van der Waals surface area (Å²) in [6.45, 7) is 2.78. The van der Waals surface area contributed by atoms with E-state index in [4.69, 9.17) is 4.42 Å². The molecule has 4 nitrogen and oxygen atoms in total. The molecule has 1 aliphatic rings. The van der Waals surface area contributed by atoms with Gasteiger partial charge >= 0.3 is 0 Å². The van der Waals surface area contributed by atoms with Crippen molar-refractivity contribution in [1.82, 2.24) is 10.3 Å². The summed E-state index contributed by atoms with van der Waals surface area (Å²) in [5, 5.41) is 12.7. The highest BCUT2D eigenvalue weighted by atomic mass is 16.4. The van der Waals surface area contributed by atoms with Crippen LogP contribution in [0.4, 0.5) is 0 Å². The highest BCUT2D eigenvalue weighted by Gasteiger charge is 2.16. The van der Waals surface area contributed by atoms with Crippen molar-refractivity contribution < 1.29 is 9.52 Å². The zero-order valence-corrected chi connectivity index (χ0v) is 9.07. The van der Waals surface area contributed by atoms with E-state index in [1.807, 2.05) is 0 Å². The molecular formula is C11H18N2O2. The Morgan fingerprint density at radius 2 is 2.53 bits per heavy atom. The van der Waals surface area contributed by atoms with Crippen molar-refractivity contribution in [3.63, 3.8) is 0 Å². The van der Waals surface area contributed by atoms with Crippen molar-refractivity contribution in [3.8, 4) is 0 Å². The topological polar surface area (TPSA) is 58.3 Å². The molecule has 1 aromatic rings. The van der Waals surface area contributed by atoms with Gasteiger partial charge in [-0.3, -0.25) is 0 Å². The van der Waals surface area contributed by atoms with Crippen LogP contribution in [0.3, 0.4) is 0 Å². The first-order chi connectivity index (χ1) is 7.25. The molecule has 0 radical (unpaired) electrons. The van der Waals surface area contributed by atoms with E-state index >= 15 is 0 Å². The highest BCUT2D eigenvalue weighted by Crippen LogP contribution is 2.16. The van der Waals surface area contributed by atoms with Gasteiger partial charge in [-0.15, -0.1) is 0 Å². The molecule has 0 aromatic carbocycles. The maximum Gasteiger partial charge on any atom is 0.196 e. The summed E-state index contributed by atoms with van der Waals surface area (Å²) >= 11 is 0. The number of nitrogens with one attached hydrogen (secondary N) is 1. The van der Waals surface area contributed by atoms with Gasteiger partial charge in [-0.25, -0.2) is 4.98 Å². The lowest BCUT2D eigenvalue weighted by atomic mass is 10.0. The smallest absolute Gasteiger partial charge is 0.196 e. The lowest BCUT2D eigenvalue weighted by Gasteiger charge is -2.21. The Morgan fingerprint density at radius 1 is 1.67 bits per heavy atom. The van der Waals surface area contributed by atoms with E-state index in [0.717, 1.165) is 18.9 Å². The average Bonchev–Trinajstić information content (AvgIpc) is 2.68. The highest BCUT2D eigenvalue weighted by molar-refractivity contribution is 4.98. The van der Waals surface area contributed by atoms with E-state index in [2.05, 4.69) is 10.3 Å². The first-order valence-corrected chi connectivity index (χ1v) is 5.62. The van der Waals surface area contributed by atoms with Crippen LogP contribution in [0.15, 0.2) is 10.6 Å². The molecule has 2 atom stereocenters. The molecule has 1 saturated heterocycles. The molecule has 2 N–H and O–H groups in total. The Hall–Kier alpha value is -0.870. The second-order valence-electron chi connectivity index (χ2n) is 4.18. The Bertz CT molecular complexity index is 303. The molecule has 0 amide bonds. The van der Waals surface area contributed by atoms with Crippen molar-refractivity contribution in [3.05, 3.63) is 17.8 Å². The average molecular weight is 210 g/mol. The molecule has 15 heavy (non-hydrogen) atoms. The van der Waals surface area contributed by atoms with E-state index in [-0.39, 0.29) is 0 Å². The van der Waals surface area contributed by atoms with Crippen molar-refractivity contribution in [1.29, 1.82) is 0 Å². The van der Waals surface area contributed by atoms with Crippen molar-refractivity contribution in [2.75, 3.05) is 6.54 Å². The van der Waals surface area contributed by atoms with Crippen molar-refractivity contribution >= 4 is 0 Å². The fourth-order valence-corrected chi connectivity index (χ4v) is 1.92. The van der Waals surface area contributed by atoms with Gasteiger partial charge in [-0.05, 0) is 26.3 Å². The maximum absolute atomic E-state index is 9.29. The first-order valence-electron chi connectivity index (χ1n) is 5.62. The van der Waals surface area contributed by atoms with Crippen LogP contribution in [0, 0.1) is 0 Å². The van der Waals surface area contributed by atoms with Gasteiger partial charge in [0.1, 0.15) is 6.10 Å². The number of piperidine rings is 1. The minimum absolute atomic E-state index is 0.485. The van der Waals surface area contributed by atoms with Gasteiger partial charge in [0, 0.05) is 12.5 Å². The summed E-state index contributed by atoms with van der Waals surface area (Å²) in [6.07, 6.45) is 5.61. The lowest BCUT2D eigenvalue weighted by molar-refractivity contribution is 0.166. The fraction of sp³-hybridized carbons (Fsp3) is 0.727. The predicted octanol–water partition coefficient (Wildman–Crippen LogP) is 1.41. The molecule has 2 unspecified atom stereocenters. The number of hydrogen-bond acceptors (Lipinski definition) is 4. The Labute approximate surface area is 89.7 Å². The second kappa shape index (κ2) is 4.77. The molecule has 1 aliphatic heterocycles. The van der Waals surface area contributed by atoms with Crippen LogP contribution >= 0.6 is 0 Å². The molecule has 1 fully saturated rings. The number of rotatable bonds is 3. The van der Waals surface area contributed by atoms with Crippen LogP contribution < -0.4 is 5.32 Å². The SMILES string of the molecule is CC(O)c1cnc(CC2CCCCN2)o1. The minimum Gasteiger partial charge on any atom is -0.443 e. The van der Waals surface area contributed by atoms with Crippen LogP contribution in [0.25, 0.3) is 0 Å². The molecular weight excluding hydrogens is 192 g/mol.